The molecule has 0 bridgehead atoms. The largest absolute Gasteiger partial charge is 0.424 e. The van der Waals surface area contributed by atoms with Crippen LogP contribution in [0.1, 0.15) is 35.7 Å². The number of benzene rings is 2. The third-order valence-electron chi connectivity index (χ3n) is 6.33. The highest BCUT2D eigenvalue weighted by molar-refractivity contribution is 6.31. The minimum atomic E-state index is -0.441. The van der Waals surface area contributed by atoms with Crippen molar-refractivity contribution in [2.24, 2.45) is 5.92 Å². The first kappa shape index (κ1) is 22.3. The van der Waals surface area contributed by atoms with Crippen LogP contribution in [0, 0.1) is 18.7 Å². The average molecular weight is 483 g/mol. The Kier molecular flexibility index (Phi) is 5.95. The zero-order valence-corrected chi connectivity index (χ0v) is 19.6. The molecule has 176 valence electrons. The number of nitrogens with one attached hydrogen (secondary N) is 1. The molecule has 1 saturated heterocycles. The number of aromatic nitrogens is 4. The zero-order valence-electron chi connectivity index (χ0n) is 18.8. The number of aryl methyl sites for hydroxylation is 1. The van der Waals surface area contributed by atoms with Crippen LogP contribution in [-0.2, 0) is 0 Å². The van der Waals surface area contributed by atoms with Gasteiger partial charge in [0.1, 0.15) is 11.3 Å². The second kappa shape index (κ2) is 9.06. The van der Waals surface area contributed by atoms with Crippen molar-refractivity contribution in [3.8, 4) is 5.69 Å². The van der Waals surface area contributed by atoms with Gasteiger partial charge in [0.05, 0.1) is 29.7 Å². The first-order valence-corrected chi connectivity index (χ1v) is 11.6. The van der Waals surface area contributed by atoms with E-state index in [1.54, 1.807) is 36.1 Å². The summed E-state index contributed by atoms with van der Waals surface area (Å²) in [5, 5.41) is 12.1. The summed E-state index contributed by atoms with van der Waals surface area (Å²) in [4.78, 5) is 21.3. The Labute approximate surface area is 200 Å². The SMILES string of the molecule is Cc1cc(-n2nccn2)c(C(=O)N2CCC[C@@H](C)[C@H]2CNc2nc3ccc(Cl)cc3o2)cc1F. The lowest BCUT2D eigenvalue weighted by Crippen LogP contribution is -2.51. The molecule has 1 fully saturated rings. The van der Waals surface area contributed by atoms with Crippen LogP contribution in [0.3, 0.4) is 0 Å². The van der Waals surface area contributed by atoms with Gasteiger partial charge in [-0.05, 0) is 55.5 Å². The Hall–Kier alpha value is -3.46. The predicted octanol–water partition coefficient (Wildman–Crippen LogP) is 4.86. The molecule has 0 radical (unpaired) electrons. The van der Waals surface area contributed by atoms with Crippen molar-refractivity contribution in [2.45, 2.75) is 32.7 Å². The van der Waals surface area contributed by atoms with E-state index >= 15 is 0 Å². The molecule has 1 N–H and O–H groups in total. The summed E-state index contributed by atoms with van der Waals surface area (Å²) < 4.78 is 20.3. The quantitative estimate of drug-likeness (QED) is 0.437. The predicted molar refractivity (Wildman–Crippen MR) is 127 cm³/mol. The lowest BCUT2D eigenvalue weighted by molar-refractivity contribution is 0.0538. The average Bonchev–Trinajstić information content (AvgIpc) is 3.49. The van der Waals surface area contributed by atoms with Gasteiger partial charge < -0.3 is 14.6 Å². The number of amides is 1. The topological polar surface area (TPSA) is 89.1 Å². The third-order valence-corrected chi connectivity index (χ3v) is 6.57. The molecule has 2 aromatic carbocycles. The molecule has 10 heteroatoms. The van der Waals surface area contributed by atoms with Gasteiger partial charge >= 0.3 is 0 Å². The molecule has 1 aliphatic rings. The first-order valence-electron chi connectivity index (χ1n) is 11.2. The number of carbonyl (C=O) groups excluding carboxylic acids is 1. The van der Waals surface area contributed by atoms with Gasteiger partial charge in [0.25, 0.3) is 11.9 Å². The molecule has 8 nitrogen and oxygen atoms in total. The van der Waals surface area contributed by atoms with Crippen LogP contribution in [0.25, 0.3) is 16.8 Å². The number of anilines is 1. The molecule has 34 heavy (non-hydrogen) atoms. The molecule has 2 aromatic heterocycles. The highest BCUT2D eigenvalue weighted by Gasteiger charge is 2.34. The third kappa shape index (κ3) is 4.23. The maximum Gasteiger partial charge on any atom is 0.295 e. The van der Waals surface area contributed by atoms with E-state index in [1.165, 1.54) is 23.3 Å². The van der Waals surface area contributed by atoms with E-state index in [2.05, 4.69) is 27.4 Å². The number of likely N-dealkylation sites (tertiary alicyclic amines) is 1. The Balaban J connectivity index is 1.42. The van der Waals surface area contributed by atoms with Gasteiger partial charge in [-0.25, -0.2) is 4.39 Å². The van der Waals surface area contributed by atoms with Crippen molar-refractivity contribution in [1.82, 2.24) is 24.9 Å². The summed E-state index contributed by atoms with van der Waals surface area (Å²) in [6, 6.07) is 8.38. The Morgan fingerprint density at radius 2 is 2.06 bits per heavy atom. The van der Waals surface area contributed by atoms with E-state index in [0.717, 1.165) is 12.8 Å². The Morgan fingerprint density at radius 1 is 1.26 bits per heavy atom. The molecule has 0 unspecified atom stereocenters. The van der Waals surface area contributed by atoms with E-state index in [9.17, 15) is 9.18 Å². The molecule has 5 rings (SSSR count). The lowest BCUT2D eigenvalue weighted by Gasteiger charge is -2.40. The van der Waals surface area contributed by atoms with Crippen LogP contribution in [0.2, 0.25) is 5.02 Å². The van der Waals surface area contributed by atoms with Gasteiger partial charge in [0.15, 0.2) is 5.58 Å². The standard InChI is InChI=1S/C24H24ClFN6O2/c1-14-4-3-9-31(21(14)13-27-24-30-19-6-5-16(25)11-22(19)34-24)23(33)17-12-18(26)15(2)10-20(17)32-28-7-8-29-32/h5-8,10-12,14,21H,3-4,9,13H2,1-2H3,(H,27,30)/t14-,21-/m1/s1. The van der Waals surface area contributed by atoms with Gasteiger partial charge in [0, 0.05) is 24.2 Å². The van der Waals surface area contributed by atoms with Crippen molar-refractivity contribution in [3.05, 3.63) is 64.7 Å². The molecule has 0 aliphatic carbocycles. The summed E-state index contributed by atoms with van der Waals surface area (Å²) in [5.74, 6) is -0.469. The van der Waals surface area contributed by atoms with Crippen LogP contribution in [0.15, 0.2) is 47.1 Å². The van der Waals surface area contributed by atoms with E-state index in [4.69, 9.17) is 16.0 Å². The molecule has 2 atom stereocenters. The van der Waals surface area contributed by atoms with E-state index < -0.39 is 5.82 Å². The van der Waals surface area contributed by atoms with Crippen molar-refractivity contribution in [2.75, 3.05) is 18.4 Å². The minimum Gasteiger partial charge on any atom is -0.424 e. The van der Waals surface area contributed by atoms with Gasteiger partial charge in [-0.3, -0.25) is 4.79 Å². The maximum atomic E-state index is 14.5. The summed E-state index contributed by atoms with van der Waals surface area (Å²) in [7, 11) is 0. The molecular formula is C24H24ClFN6O2. The van der Waals surface area contributed by atoms with Crippen molar-refractivity contribution in [3.63, 3.8) is 0 Å². The number of halogens is 2. The van der Waals surface area contributed by atoms with Crippen LogP contribution in [-0.4, -0.2) is 49.9 Å². The Bertz CT molecular complexity index is 1340. The number of oxazole rings is 1. The van der Waals surface area contributed by atoms with Crippen LogP contribution >= 0.6 is 11.6 Å². The normalized spacial score (nSPS) is 18.4. The minimum absolute atomic E-state index is 0.136. The molecule has 0 saturated carbocycles. The smallest absolute Gasteiger partial charge is 0.295 e. The molecular weight excluding hydrogens is 459 g/mol. The second-order valence-electron chi connectivity index (χ2n) is 8.63. The fraction of sp³-hybridized carbons (Fsp3) is 0.333. The number of hydrogen-bond acceptors (Lipinski definition) is 6. The molecule has 1 aliphatic heterocycles. The number of hydrogen-bond donors (Lipinski definition) is 1. The molecule has 0 spiro atoms. The van der Waals surface area contributed by atoms with Crippen LogP contribution in [0.5, 0.6) is 0 Å². The maximum absolute atomic E-state index is 14.5. The molecule has 4 aromatic rings. The summed E-state index contributed by atoms with van der Waals surface area (Å²) >= 11 is 6.04. The number of fused-ring (bicyclic) bond motifs is 1. The van der Waals surface area contributed by atoms with Crippen molar-refractivity contribution in [1.29, 1.82) is 0 Å². The summed E-state index contributed by atoms with van der Waals surface area (Å²) in [5.41, 5.74) is 2.39. The second-order valence-corrected chi connectivity index (χ2v) is 9.07. The number of piperidine rings is 1. The fourth-order valence-electron chi connectivity index (χ4n) is 4.48. The van der Waals surface area contributed by atoms with Crippen LogP contribution < -0.4 is 5.32 Å². The van der Waals surface area contributed by atoms with Crippen molar-refractivity contribution < 1.29 is 13.6 Å². The van der Waals surface area contributed by atoms with Gasteiger partial charge in [-0.1, -0.05) is 18.5 Å². The monoisotopic (exact) mass is 482 g/mol. The fourth-order valence-corrected chi connectivity index (χ4v) is 4.64. The van der Waals surface area contributed by atoms with Gasteiger partial charge in [-0.15, -0.1) is 0 Å². The molecule has 3 heterocycles. The highest BCUT2D eigenvalue weighted by atomic mass is 35.5. The van der Waals surface area contributed by atoms with Gasteiger partial charge in [0.2, 0.25) is 0 Å². The van der Waals surface area contributed by atoms with Crippen molar-refractivity contribution >= 4 is 34.6 Å². The number of nitrogens with zero attached hydrogens (tertiary/aromatic N) is 5. The van der Waals surface area contributed by atoms with E-state index in [1.807, 2.05) is 0 Å². The van der Waals surface area contributed by atoms with Crippen LogP contribution in [0.4, 0.5) is 10.4 Å². The van der Waals surface area contributed by atoms with E-state index in [0.29, 0.717) is 46.5 Å². The highest BCUT2D eigenvalue weighted by Crippen LogP contribution is 2.29. The first-order chi connectivity index (χ1) is 16.4. The van der Waals surface area contributed by atoms with Gasteiger partial charge in [-0.2, -0.15) is 20.0 Å². The zero-order chi connectivity index (χ0) is 23.8. The molecule has 1 amide bonds. The lowest BCUT2D eigenvalue weighted by atomic mass is 9.90. The van der Waals surface area contributed by atoms with E-state index in [-0.39, 0.29) is 23.4 Å². The number of carbonyl (C=O) groups is 1. The summed E-state index contributed by atoms with van der Waals surface area (Å²) in [6.07, 6.45) is 4.90. The summed E-state index contributed by atoms with van der Waals surface area (Å²) in [6.45, 7) is 4.78. The Morgan fingerprint density at radius 3 is 2.85 bits per heavy atom. The number of rotatable bonds is 5.